The van der Waals surface area contributed by atoms with Gasteiger partial charge in [0.05, 0.1) is 24.5 Å². The van der Waals surface area contributed by atoms with Crippen LogP contribution in [0, 0.1) is 20.8 Å². The molecule has 0 aliphatic heterocycles. The number of nitrogens with zero attached hydrogens (tertiary/aromatic N) is 2. The van der Waals surface area contributed by atoms with E-state index in [4.69, 9.17) is 0 Å². The molecule has 172 valence electrons. The molecule has 0 fully saturated rings. The van der Waals surface area contributed by atoms with E-state index in [1.807, 2.05) is 0 Å². The van der Waals surface area contributed by atoms with Gasteiger partial charge in [-0.2, -0.15) is 4.57 Å². The van der Waals surface area contributed by atoms with Crippen molar-refractivity contribution in [2.24, 2.45) is 7.05 Å². The highest BCUT2D eigenvalue weighted by Crippen LogP contribution is 2.41. The molecule has 0 aliphatic carbocycles. The molecule has 0 N–H and O–H groups in total. The van der Waals surface area contributed by atoms with Gasteiger partial charge in [-0.05, 0) is 55.0 Å². The Balaban J connectivity index is 1.95. The molecule has 2 nitrogen and oxygen atoms in total. The number of rotatable bonds is 4. The normalized spacial score (nSPS) is 12.9. The molecule has 0 unspecified atom stereocenters. The van der Waals surface area contributed by atoms with Gasteiger partial charge in [-0.15, -0.1) is 0 Å². The highest BCUT2D eigenvalue weighted by molar-refractivity contribution is 6.91. The molecule has 3 aromatic carbocycles. The van der Waals surface area contributed by atoms with Gasteiger partial charge in [0.25, 0.3) is 0 Å². The second-order valence-electron chi connectivity index (χ2n) is 10.5. The third kappa shape index (κ3) is 2.59. The molecule has 0 atom stereocenters. The lowest BCUT2D eigenvalue weighted by atomic mass is 9.93. The first kappa shape index (κ1) is 21.6. The molecule has 0 amide bonds. The molecular formula is C31H35N2Si+. The number of fused-ring (bicyclic) bond motifs is 5. The molecule has 3 heteroatoms. The number of hydrogen-bond donors (Lipinski definition) is 0. The number of aryl methyl sites for hydroxylation is 4. The fraction of sp³-hybridized carbons (Fsp3) is 0.323. The van der Waals surface area contributed by atoms with Crippen LogP contribution in [-0.4, -0.2) is 12.5 Å². The molecule has 0 aliphatic rings. The summed E-state index contributed by atoms with van der Waals surface area (Å²) in [6, 6.07) is 20.9. The van der Waals surface area contributed by atoms with E-state index in [2.05, 4.69) is 106 Å². The standard InChI is InChI=1S/C31H35N2Si/c1-8-34(9-2,10-3)23-11-12-24-25-13-14-32(7)31-28-21(6)20(5)17-22-15-19(4)16-27(29(22)28)33(30(25)31)26(24)18-23/h11-18H,8-10H2,1-7H3/q+1. The van der Waals surface area contributed by atoms with E-state index in [0.29, 0.717) is 0 Å². The van der Waals surface area contributed by atoms with Crippen LogP contribution < -0.4 is 9.75 Å². The van der Waals surface area contributed by atoms with E-state index in [1.54, 1.807) is 5.19 Å². The van der Waals surface area contributed by atoms with E-state index in [1.165, 1.54) is 83.8 Å². The fourth-order valence-electron chi connectivity index (χ4n) is 6.76. The summed E-state index contributed by atoms with van der Waals surface area (Å²) in [5.41, 5.74) is 9.53. The zero-order chi connectivity index (χ0) is 23.9. The van der Waals surface area contributed by atoms with Crippen LogP contribution in [0.3, 0.4) is 0 Å². The summed E-state index contributed by atoms with van der Waals surface area (Å²) < 4.78 is 4.94. The summed E-state index contributed by atoms with van der Waals surface area (Å²) >= 11 is 0. The molecule has 34 heavy (non-hydrogen) atoms. The van der Waals surface area contributed by atoms with Crippen molar-refractivity contribution in [1.82, 2.24) is 4.40 Å². The van der Waals surface area contributed by atoms with Crippen LogP contribution in [0.1, 0.15) is 37.5 Å². The molecular weight excluding hydrogens is 428 g/mol. The van der Waals surface area contributed by atoms with Crippen molar-refractivity contribution in [3.63, 3.8) is 0 Å². The van der Waals surface area contributed by atoms with Gasteiger partial charge in [-0.25, -0.2) is 0 Å². The lowest BCUT2D eigenvalue weighted by Crippen LogP contribution is -2.45. The third-order valence-electron chi connectivity index (χ3n) is 9.05. The Kier molecular flexibility index (Phi) is 4.63. The van der Waals surface area contributed by atoms with Gasteiger partial charge >= 0.3 is 0 Å². The van der Waals surface area contributed by atoms with Gasteiger partial charge in [0, 0.05) is 22.2 Å². The first-order chi connectivity index (χ1) is 16.3. The average molecular weight is 464 g/mol. The van der Waals surface area contributed by atoms with Gasteiger partial charge in [0.1, 0.15) is 12.6 Å². The van der Waals surface area contributed by atoms with Crippen LogP contribution in [-0.2, 0) is 7.05 Å². The van der Waals surface area contributed by atoms with Crippen molar-refractivity contribution in [3.8, 4) is 0 Å². The quantitative estimate of drug-likeness (QED) is 0.111. The van der Waals surface area contributed by atoms with Crippen LogP contribution >= 0.6 is 0 Å². The highest BCUT2D eigenvalue weighted by atomic mass is 28.3. The molecule has 0 saturated heterocycles. The van der Waals surface area contributed by atoms with Crippen molar-refractivity contribution in [1.29, 1.82) is 0 Å². The second-order valence-corrected chi connectivity index (χ2v) is 15.8. The molecule has 0 spiro atoms. The zero-order valence-electron chi connectivity index (χ0n) is 21.6. The van der Waals surface area contributed by atoms with E-state index in [9.17, 15) is 0 Å². The van der Waals surface area contributed by atoms with Crippen molar-refractivity contribution >= 4 is 62.3 Å². The lowest BCUT2D eigenvalue weighted by Gasteiger charge is -2.28. The predicted molar refractivity (Wildman–Crippen MR) is 151 cm³/mol. The molecule has 3 heterocycles. The van der Waals surface area contributed by atoms with Crippen molar-refractivity contribution in [3.05, 3.63) is 65.4 Å². The molecule has 0 bridgehead atoms. The van der Waals surface area contributed by atoms with Gasteiger partial charge in [0.15, 0.2) is 6.20 Å². The van der Waals surface area contributed by atoms with Crippen LogP contribution in [0.15, 0.2) is 48.7 Å². The van der Waals surface area contributed by atoms with Crippen molar-refractivity contribution in [2.75, 3.05) is 0 Å². The molecule has 0 saturated carbocycles. The molecule has 6 rings (SSSR count). The average Bonchev–Trinajstić information content (AvgIpc) is 3.16. The maximum absolute atomic E-state index is 2.60. The van der Waals surface area contributed by atoms with E-state index in [-0.39, 0.29) is 0 Å². The van der Waals surface area contributed by atoms with E-state index in [0.717, 1.165) is 0 Å². The number of benzene rings is 3. The van der Waals surface area contributed by atoms with Gasteiger partial charge in [-0.3, -0.25) is 0 Å². The minimum atomic E-state index is -1.48. The Morgan fingerprint density at radius 1 is 0.794 bits per heavy atom. The second kappa shape index (κ2) is 7.29. The maximum Gasteiger partial charge on any atom is 0.238 e. The SMILES string of the molecule is CC[Si](CC)(CC)c1ccc2c3cc[n+](C)c4c5c(C)c(C)cc6cc(C)cc(c65)n(c2c1)c34. The van der Waals surface area contributed by atoms with Gasteiger partial charge < -0.3 is 4.40 Å². The predicted octanol–water partition coefficient (Wildman–Crippen LogP) is 7.46. The summed E-state index contributed by atoms with van der Waals surface area (Å²) in [7, 11) is 0.725. The third-order valence-corrected chi connectivity index (χ3v) is 14.6. The summed E-state index contributed by atoms with van der Waals surface area (Å²) in [6.45, 7) is 14.0. The molecule has 3 aromatic heterocycles. The Morgan fingerprint density at radius 3 is 2.24 bits per heavy atom. The van der Waals surface area contributed by atoms with E-state index < -0.39 is 8.07 Å². The largest absolute Gasteiger partial charge is 0.303 e. The van der Waals surface area contributed by atoms with E-state index >= 15 is 0 Å². The summed E-state index contributed by atoms with van der Waals surface area (Å²) in [4.78, 5) is 0. The molecule has 6 aromatic rings. The first-order valence-corrected chi connectivity index (χ1v) is 15.5. The Morgan fingerprint density at radius 2 is 1.53 bits per heavy atom. The number of pyridine rings is 2. The summed E-state index contributed by atoms with van der Waals surface area (Å²) in [6.07, 6.45) is 2.26. The smallest absolute Gasteiger partial charge is 0.238 e. The lowest BCUT2D eigenvalue weighted by molar-refractivity contribution is -0.644. The Bertz CT molecular complexity index is 1740. The summed E-state index contributed by atoms with van der Waals surface area (Å²) in [5.74, 6) is 0. The van der Waals surface area contributed by atoms with Crippen LogP contribution in [0.4, 0.5) is 0 Å². The van der Waals surface area contributed by atoms with Crippen LogP contribution in [0.25, 0.3) is 49.0 Å². The fourth-order valence-corrected chi connectivity index (χ4v) is 10.4. The Hall–Kier alpha value is -2.91. The zero-order valence-corrected chi connectivity index (χ0v) is 22.6. The van der Waals surface area contributed by atoms with Gasteiger partial charge in [-0.1, -0.05) is 68.4 Å². The monoisotopic (exact) mass is 463 g/mol. The first-order valence-electron chi connectivity index (χ1n) is 12.9. The van der Waals surface area contributed by atoms with Crippen LogP contribution in [0.5, 0.6) is 0 Å². The number of aromatic nitrogens is 2. The molecule has 0 radical (unpaired) electrons. The topological polar surface area (TPSA) is 8.29 Å². The van der Waals surface area contributed by atoms with Crippen molar-refractivity contribution in [2.45, 2.75) is 59.7 Å². The van der Waals surface area contributed by atoms with Crippen molar-refractivity contribution < 1.29 is 4.57 Å². The minimum absolute atomic E-state index is 1.31. The highest BCUT2D eigenvalue weighted by Gasteiger charge is 2.31. The van der Waals surface area contributed by atoms with Crippen LogP contribution in [0.2, 0.25) is 18.1 Å². The maximum atomic E-state index is 2.60. The number of hydrogen-bond acceptors (Lipinski definition) is 0. The minimum Gasteiger partial charge on any atom is -0.303 e. The summed E-state index contributed by atoms with van der Waals surface area (Å²) in [5, 5.41) is 8.53. The van der Waals surface area contributed by atoms with Gasteiger partial charge in [0.2, 0.25) is 5.52 Å². The Labute approximate surface area is 203 Å².